The third-order valence-electron chi connectivity index (χ3n) is 3.16. The smallest absolute Gasteiger partial charge is 0.416 e. The third kappa shape index (κ3) is 4.27. The maximum Gasteiger partial charge on any atom is 0.416 e. The van der Waals surface area contributed by atoms with Gasteiger partial charge in [0.15, 0.2) is 0 Å². The van der Waals surface area contributed by atoms with Gasteiger partial charge in [-0.2, -0.15) is 13.2 Å². The van der Waals surface area contributed by atoms with Crippen LogP contribution in [0.2, 0.25) is 0 Å². The molecule has 0 atom stereocenters. The second kappa shape index (κ2) is 6.44. The fraction of sp³-hybridized carbons (Fsp3) is 0.188. The Balaban J connectivity index is 2.28. The number of carboxylic acids is 1. The van der Waals surface area contributed by atoms with Crippen LogP contribution in [0.25, 0.3) is 11.1 Å². The topological polar surface area (TPSA) is 37.3 Å². The first-order valence-corrected chi connectivity index (χ1v) is 6.93. The van der Waals surface area contributed by atoms with Gasteiger partial charge in [0.25, 0.3) is 0 Å². The maximum atomic E-state index is 12.8. The Labute approximate surface area is 131 Å². The molecule has 0 aliphatic rings. The minimum atomic E-state index is -4.42. The number of carbonyl (C=O) groups is 1. The molecule has 0 amide bonds. The second-order valence-corrected chi connectivity index (χ2v) is 5.37. The van der Waals surface area contributed by atoms with Crippen LogP contribution in [-0.4, -0.2) is 11.1 Å². The monoisotopic (exact) mass is 326 g/mol. The number of benzene rings is 2. The van der Waals surface area contributed by atoms with Gasteiger partial charge < -0.3 is 5.11 Å². The van der Waals surface area contributed by atoms with Gasteiger partial charge in [-0.05, 0) is 41.3 Å². The molecule has 2 aromatic rings. The molecule has 0 bridgehead atoms. The van der Waals surface area contributed by atoms with E-state index < -0.39 is 17.7 Å². The van der Waals surface area contributed by atoms with Crippen LogP contribution in [0.5, 0.6) is 0 Å². The number of hydrogen-bond acceptors (Lipinski definition) is 2. The minimum Gasteiger partial charge on any atom is -0.481 e. The summed E-state index contributed by atoms with van der Waals surface area (Å²) in [7, 11) is 0. The summed E-state index contributed by atoms with van der Waals surface area (Å²) in [4.78, 5) is 10.8. The molecule has 0 aliphatic carbocycles. The van der Waals surface area contributed by atoms with Crippen molar-refractivity contribution in [1.29, 1.82) is 0 Å². The van der Waals surface area contributed by atoms with Gasteiger partial charge in [0.2, 0.25) is 0 Å². The molecule has 0 aromatic heterocycles. The van der Waals surface area contributed by atoms with Crippen LogP contribution in [0.1, 0.15) is 17.5 Å². The summed E-state index contributed by atoms with van der Waals surface area (Å²) in [5.41, 5.74) is 1.12. The minimum absolute atomic E-state index is 0.0176. The van der Waals surface area contributed by atoms with Crippen LogP contribution < -0.4 is 0 Å². The van der Waals surface area contributed by atoms with Crippen LogP contribution in [0.4, 0.5) is 13.2 Å². The standard InChI is InChI=1S/C16H13F3O2S/c17-16(18,19)13-7-12(8-14(22)9-13)11-4-1-10(2-5-11)3-6-15(20)21/h1-2,4-5,7-9,22H,3,6H2,(H,20,21). The molecule has 2 rings (SSSR count). The van der Waals surface area contributed by atoms with Crippen molar-refractivity contribution < 1.29 is 23.1 Å². The molecule has 1 N–H and O–H groups in total. The van der Waals surface area contributed by atoms with E-state index in [1.54, 1.807) is 30.3 Å². The van der Waals surface area contributed by atoms with Crippen molar-refractivity contribution in [2.75, 3.05) is 0 Å². The predicted octanol–water partition coefficient (Wildman–Crippen LogP) is 4.68. The third-order valence-corrected chi connectivity index (χ3v) is 3.42. The zero-order chi connectivity index (χ0) is 16.3. The highest BCUT2D eigenvalue weighted by atomic mass is 32.1. The summed E-state index contributed by atoms with van der Waals surface area (Å²) in [6, 6.07) is 10.4. The van der Waals surface area contributed by atoms with Gasteiger partial charge in [-0.25, -0.2) is 0 Å². The lowest BCUT2D eigenvalue weighted by Gasteiger charge is -2.11. The molecule has 0 aliphatic heterocycles. The van der Waals surface area contributed by atoms with Gasteiger partial charge in [0.1, 0.15) is 0 Å². The highest BCUT2D eigenvalue weighted by Gasteiger charge is 2.31. The Kier molecular flexibility index (Phi) is 4.81. The van der Waals surface area contributed by atoms with Crippen LogP contribution in [0, 0.1) is 0 Å². The average Bonchev–Trinajstić information content (AvgIpc) is 2.44. The molecule has 0 spiro atoms. The van der Waals surface area contributed by atoms with E-state index in [1.807, 2.05) is 0 Å². The summed E-state index contributed by atoms with van der Waals surface area (Å²) >= 11 is 4.02. The van der Waals surface area contributed by atoms with Gasteiger partial charge in [-0.1, -0.05) is 24.3 Å². The van der Waals surface area contributed by atoms with Gasteiger partial charge in [0, 0.05) is 11.3 Å². The van der Waals surface area contributed by atoms with E-state index in [2.05, 4.69) is 12.6 Å². The second-order valence-electron chi connectivity index (χ2n) is 4.86. The van der Waals surface area contributed by atoms with Gasteiger partial charge >= 0.3 is 12.1 Å². The average molecular weight is 326 g/mol. The number of rotatable bonds is 4. The van der Waals surface area contributed by atoms with Crippen LogP contribution in [-0.2, 0) is 17.4 Å². The molecule has 0 saturated heterocycles. The van der Waals surface area contributed by atoms with Gasteiger partial charge in [-0.3, -0.25) is 4.79 Å². The van der Waals surface area contributed by atoms with E-state index in [4.69, 9.17) is 5.11 Å². The number of carboxylic acid groups (broad SMARTS) is 1. The molecule has 6 heteroatoms. The Bertz CT molecular complexity index is 679. The molecule has 2 nitrogen and oxygen atoms in total. The van der Waals surface area contributed by atoms with E-state index in [0.29, 0.717) is 17.5 Å². The lowest BCUT2D eigenvalue weighted by atomic mass is 10.0. The Morgan fingerprint density at radius 3 is 2.23 bits per heavy atom. The van der Waals surface area contributed by atoms with E-state index in [9.17, 15) is 18.0 Å². The Morgan fingerprint density at radius 2 is 1.68 bits per heavy atom. The highest BCUT2D eigenvalue weighted by Crippen LogP contribution is 2.34. The number of thiol groups is 1. The van der Waals surface area contributed by atoms with Crippen molar-refractivity contribution in [1.82, 2.24) is 0 Å². The van der Waals surface area contributed by atoms with E-state index in [-0.39, 0.29) is 11.3 Å². The number of aliphatic carboxylic acids is 1. The zero-order valence-corrected chi connectivity index (χ0v) is 12.3. The van der Waals surface area contributed by atoms with E-state index in [0.717, 1.165) is 17.7 Å². The molecular formula is C16H13F3O2S. The molecule has 0 fully saturated rings. The molecule has 0 radical (unpaired) electrons. The normalized spacial score (nSPS) is 11.5. The number of hydrogen-bond donors (Lipinski definition) is 2. The largest absolute Gasteiger partial charge is 0.481 e. The lowest BCUT2D eigenvalue weighted by molar-refractivity contribution is -0.138. The van der Waals surface area contributed by atoms with Crippen LogP contribution >= 0.6 is 12.6 Å². The predicted molar refractivity (Wildman–Crippen MR) is 80.1 cm³/mol. The van der Waals surface area contributed by atoms with E-state index >= 15 is 0 Å². The van der Waals surface area contributed by atoms with E-state index in [1.165, 1.54) is 0 Å². The summed E-state index contributed by atoms with van der Waals surface area (Å²) in [6.07, 6.45) is -4.02. The number of halogens is 3. The van der Waals surface area contributed by atoms with Crippen molar-refractivity contribution >= 4 is 18.6 Å². The number of alkyl halides is 3. The lowest BCUT2D eigenvalue weighted by Crippen LogP contribution is -2.05. The number of aryl methyl sites for hydroxylation is 1. The van der Waals surface area contributed by atoms with Crippen molar-refractivity contribution in [3.05, 3.63) is 53.6 Å². The molecule has 116 valence electrons. The summed E-state index contributed by atoms with van der Waals surface area (Å²) in [5.74, 6) is -0.887. The van der Waals surface area contributed by atoms with Crippen molar-refractivity contribution in [3.63, 3.8) is 0 Å². The Hall–Kier alpha value is -1.95. The van der Waals surface area contributed by atoms with Gasteiger partial charge in [0.05, 0.1) is 5.56 Å². The highest BCUT2D eigenvalue weighted by molar-refractivity contribution is 7.80. The quantitative estimate of drug-likeness (QED) is 0.801. The molecular weight excluding hydrogens is 313 g/mol. The fourth-order valence-electron chi connectivity index (χ4n) is 2.06. The van der Waals surface area contributed by atoms with Crippen molar-refractivity contribution in [3.8, 4) is 11.1 Å². The van der Waals surface area contributed by atoms with Crippen molar-refractivity contribution in [2.24, 2.45) is 0 Å². The van der Waals surface area contributed by atoms with Crippen molar-refractivity contribution in [2.45, 2.75) is 23.9 Å². The summed E-state index contributed by atoms with van der Waals surface area (Å²) < 4.78 is 38.4. The molecule has 22 heavy (non-hydrogen) atoms. The molecule has 0 heterocycles. The zero-order valence-electron chi connectivity index (χ0n) is 11.4. The maximum absolute atomic E-state index is 12.8. The van der Waals surface area contributed by atoms with Crippen LogP contribution in [0.3, 0.4) is 0 Å². The molecule has 0 unspecified atom stereocenters. The first-order valence-electron chi connectivity index (χ1n) is 6.48. The molecule has 2 aromatic carbocycles. The SMILES string of the molecule is O=C(O)CCc1ccc(-c2cc(S)cc(C(F)(F)F)c2)cc1. The summed E-state index contributed by atoms with van der Waals surface area (Å²) in [5, 5.41) is 8.63. The molecule has 0 saturated carbocycles. The Morgan fingerprint density at radius 1 is 1.05 bits per heavy atom. The van der Waals surface area contributed by atoms with Crippen LogP contribution in [0.15, 0.2) is 47.4 Å². The first kappa shape index (κ1) is 16.4. The summed E-state index contributed by atoms with van der Waals surface area (Å²) in [6.45, 7) is 0. The fourth-order valence-corrected chi connectivity index (χ4v) is 2.33. The van der Waals surface area contributed by atoms with Gasteiger partial charge in [-0.15, -0.1) is 12.6 Å². The first-order chi connectivity index (χ1) is 10.3.